The van der Waals surface area contributed by atoms with Crippen molar-refractivity contribution in [2.24, 2.45) is 0 Å². The lowest BCUT2D eigenvalue weighted by atomic mass is 10.1. The number of hydrogen-bond donors (Lipinski definition) is 1. The van der Waals surface area contributed by atoms with Crippen molar-refractivity contribution in [2.75, 3.05) is 0 Å². The smallest absolute Gasteiger partial charge is 0.371 e. The van der Waals surface area contributed by atoms with Gasteiger partial charge in [0.15, 0.2) is 0 Å². The first-order valence-corrected chi connectivity index (χ1v) is 6.90. The highest BCUT2D eigenvalue weighted by Crippen LogP contribution is 2.28. The number of aromatic carboxylic acids is 1. The SMILES string of the molecule is Cc1cc(Br)cc(C)c1OCc1cc(C(=O)O)oc1C. The van der Waals surface area contributed by atoms with Crippen LogP contribution >= 0.6 is 15.9 Å². The fourth-order valence-electron chi connectivity index (χ4n) is 2.04. The fraction of sp³-hybridized carbons (Fsp3) is 0.267. The molecule has 0 fully saturated rings. The Balaban J connectivity index is 2.19. The molecule has 1 N–H and O–H groups in total. The van der Waals surface area contributed by atoms with Crippen LogP contribution in [0, 0.1) is 20.8 Å². The Kier molecular flexibility index (Phi) is 4.18. The highest BCUT2D eigenvalue weighted by atomic mass is 79.9. The summed E-state index contributed by atoms with van der Waals surface area (Å²) < 4.78 is 12.0. The Hall–Kier alpha value is -1.75. The summed E-state index contributed by atoms with van der Waals surface area (Å²) in [7, 11) is 0. The number of furan rings is 1. The van der Waals surface area contributed by atoms with Crippen LogP contribution < -0.4 is 4.74 Å². The first kappa shape index (κ1) is 14.7. The summed E-state index contributed by atoms with van der Waals surface area (Å²) in [4.78, 5) is 10.8. The maximum absolute atomic E-state index is 10.8. The summed E-state index contributed by atoms with van der Waals surface area (Å²) in [5.41, 5.74) is 2.79. The van der Waals surface area contributed by atoms with Gasteiger partial charge in [-0.15, -0.1) is 0 Å². The summed E-state index contributed by atoms with van der Waals surface area (Å²) in [6, 6.07) is 5.46. The molecule has 0 bridgehead atoms. The van der Waals surface area contributed by atoms with Gasteiger partial charge in [-0.2, -0.15) is 0 Å². The van der Waals surface area contributed by atoms with E-state index in [-0.39, 0.29) is 12.4 Å². The fourth-order valence-corrected chi connectivity index (χ4v) is 2.73. The molecule has 20 heavy (non-hydrogen) atoms. The van der Waals surface area contributed by atoms with Gasteiger partial charge >= 0.3 is 5.97 Å². The zero-order chi connectivity index (χ0) is 14.9. The summed E-state index contributed by atoms with van der Waals surface area (Å²) in [5, 5.41) is 8.89. The molecule has 0 spiro atoms. The number of carbonyl (C=O) groups is 1. The third-order valence-corrected chi connectivity index (χ3v) is 3.49. The lowest BCUT2D eigenvalue weighted by Gasteiger charge is -2.12. The van der Waals surface area contributed by atoms with E-state index in [1.165, 1.54) is 6.07 Å². The molecule has 0 aliphatic rings. The van der Waals surface area contributed by atoms with Crippen molar-refractivity contribution < 1.29 is 19.1 Å². The van der Waals surface area contributed by atoms with E-state index in [1.54, 1.807) is 6.92 Å². The molecule has 0 aliphatic heterocycles. The van der Waals surface area contributed by atoms with E-state index < -0.39 is 5.97 Å². The number of hydrogen-bond acceptors (Lipinski definition) is 3. The molecule has 0 saturated heterocycles. The molecule has 106 valence electrons. The van der Waals surface area contributed by atoms with Gasteiger partial charge in [-0.25, -0.2) is 4.79 Å². The van der Waals surface area contributed by atoms with Gasteiger partial charge in [-0.1, -0.05) is 15.9 Å². The van der Waals surface area contributed by atoms with E-state index in [2.05, 4.69) is 15.9 Å². The molecule has 4 nitrogen and oxygen atoms in total. The van der Waals surface area contributed by atoms with Gasteiger partial charge in [0.25, 0.3) is 0 Å². The predicted molar refractivity (Wildman–Crippen MR) is 78.4 cm³/mol. The van der Waals surface area contributed by atoms with Crippen molar-refractivity contribution in [1.29, 1.82) is 0 Å². The van der Waals surface area contributed by atoms with E-state index in [0.717, 1.165) is 26.9 Å². The summed E-state index contributed by atoms with van der Waals surface area (Å²) >= 11 is 3.44. The van der Waals surface area contributed by atoms with Crippen LogP contribution in [-0.4, -0.2) is 11.1 Å². The van der Waals surface area contributed by atoms with Gasteiger partial charge < -0.3 is 14.3 Å². The zero-order valence-electron chi connectivity index (χ0n) is 11.5. The quantitative estimate of drug-likeness (QED) is 0.905. The Morgan fingerprint density at radius 3 is 2.35 bits per heavy atom. The van der Waals surface area contributed by atoms with Crippen LogP contribution in [0.4, 0.5) is 0 Å². The number of carboxylic acid groups (broad SMARTS) is 1. The molecule has 0 unspecified atom stereocenters. The van der Waals surface area contributed by atoms with Crippen molar-refractivity contribution in [3.05, 3.63) is 50.9 Å². The second-order valence-electron chi connectivity index (χ2n) is 4.65. The van der Waals surface area contributed by atoms with Crippen LogP contribution in [0.25, 0.3) is 0 Å². The molecule has 0 aliphatic carbocycles. The Morgan fingerprint density at radius 2 is 1.85 bits per heavy atom. The van der Waals surface area contributed by atoms with Gasteiger partial charge in [0.2, 0.25) is 5.76 Å². The first-order chi connectivity index (χ1) is 9.38. The van der Waals surface area contributed by atoms with Gasteiger partial charge in [0.05, 0.1) is 0 Å². The van der Waals surface area contributed by atoms with E-state index in [0.29, 0.717) is 5.76 Å². The minimum atomic E-state index is -1.07. The average Bonchev–Trinajstić information content (AvgIpc) is 2.70. The minimum Gasteiger partial charge on any atom is -0.488 e. The van der Waals surface area contributed by atoms with Gasteiger partial charge in [0, 0.05) is 10.0 Å². The Labute approximate surface area is 125 Å². The van der Waals surface area contributed by atoms with E-state index in [9.17, 15) is 4.79 Å². The van der Waals surface area contributed by atoms with Crippen LogP contribution in [0.5, 0.6) is 5.75 Å². The number of ether oxygens (including phenoxy) is 1. The predicted octanol–water partition coefficient (Wildman–Crippen LogP) is 4.24. The van der Waals surface area contributed by atoms with Crippen LogP contribution in [0.3, 0.4) is 0 Å². The van der Waals surface area contributed by atoms with Crippen molar-refractivity contribution >= 4 is 21.9 Å². The van der Waals surface area contributed by atoms with Crippen LogP contribution in [-0.2, 0) is 6.61 Å². The molecule has 0 saturated carbocycles. The van der Waals surface area contributed by atoms with E-state index in [4.69, 9.17) is 14.3 Å². The molecule has 1 aromatic heterocycles. The number of aryl methyl sites for hydroxylation is 3. The molecule has 1 heterocycles. The highest BCUT2D eigenvalue weighted by molar-refractivity contribution is 9.10. The molecule has 0 atom stereocenters. The highest BCUT2D eigenvalue weighted by Gasteiger charge is 2.14. The van der Waals surface area contributed by atoms with Gasteiger partial charge in [-0.3, -0.25) is 0 Å². The maximum atomic E-state index is 10.8. The summed E-state index contributed by atoms with van der Waals surface area (Å²) in [6.07, 6.45) is 0. The number of halogens is 1. The van der Waals surface area contributed by atoms with Crippen LogP contribution in [0.15, 0.2) is 27.1 Å². The van der Waals surface area contributed by atoms with Crippen molar-refractivity contribution in [3.63, 3.8) is 0 Å². The van der Waals surface area contributed by atoms with Crippen LogP contribution in [0.2, 0.25) is 0 Å². The molecule has 0 amide bonds. The lowest BCUT2D eigenvalue weighted by molar-refractivity contribution is 0.0661. The molecule has 1 aromatic carbocycles. The molecular formula is C15H15BrO4. The lowest BCUT2D eigenvalue weighted by Crippen LogP contribution is -1.99. The third-order valence-electron chi connectivity index (χ3n) is 3.03. The monoisotopic (exact) mass is 338 g/mol. The second-order valence-corrected chi connectivity index (χ2v) is 5.57. The topological polar surface area (TPSA) is 59.7 Å². The Morgan fingerprint density at radius 1 is 1.25 bits per heavy atom. The standard InChI is InChI=1S/C15H15BrO4/c1-8-4-12(16)5-9(2)14(8)19-7-11-6-13(15(17)18)20-10(11)3/h4-6H,7H2,1-3H3,(H,17,18). The molecule has 2 rings (SSSR count). The summed E-state index contributed by atoms with van der Waals surface area (Å²) in [6.45, 7) is 5.95. The second kappa shape index (κ2) is 5.71. The third kappa shape index (κ3) is 3.04. The van der Waals surface area contributed by atoms with E-state index in [1.807, 2.05) is 26.0 Å². The van der Waals surface area contributed by atoms with Gasteiger partial charge in [0.1, 0.15) is 18.1 Å². The van der Waals surface area contributed by atoms with Gasteiger partial charge in [-0.05, 0) is 50.1 Å². The Bertz CT molecular complexity index is 635. The number of rotatable bonds is 4. The zero-order valence-corrected chi connectivity index (χ0v) is 13.1. The van der Waals surface area contributed by atoms with E-state index >= 15 is 0 Å². The average molecular weight is 339 g/mol. The van der Waals surface area contributed by atoms with Crippen molar-refractivity contribution in [1.82, 2.24) is 0 Å². The first-order valence-electron chi connectivity index (χ1n) is 6.10. The summed E-state index contributed by atoms with van der Waals surface area (Å²) in [5.74, 6) is 0.237. The number of carboxylic acids is 1. The molecular weight excluding hydrogens is 324 g/mol. The largest absolute Gasteiger partial charge is 0.488 e. The molecule has 5 heteroatoms. The minimum absolute atomic E-state index is 0.0645. The van der Waals surface area contributed by atoms with Crippen molar-refractivity contribution in [3.8, 4) is 5.75 Å². The van der Waals surface area contributed by atoms with Crippen molar-refractivity contribution in [2.45, 2.75) is 27.4 Å². The number of benzene rings is 1. The molecule has 0 radical (unpaired) electrons. The normalized spacial score (nSPS) is 10.6. The van der Waals surface area contributed by atoms with Crippen LogP contribution in [0.1, 0.15) is 33.0 Å². The maximum Gasteiger partial charge on any atom is 0.371 e. The molecule has 2 aromatic rings.